The van der Waals surface area contributed by atoms with Gasteiger partial charge in [-0.25, -0.2) is 29.3 Å². The lowest BCUT2D eigenvalue weighted by Gasteiger charge is -2.27. The summed E-state index contributed by atoms with van der Waals surface area (Å²) in [6.07, 6.45) is 7.73. The molecule has 0 saturated heterocycles. The summed E-state index contributed by atoms with van der Waals surface area (Å²) in [5.41, 5.74) is 4.88. The number of thiazole rings is 1. The Bertz CT molecular complexity index is 1130. The summed E-state index contributed by atoms with van der Waals surface area (Å²) >= 11 is 1.63. The lowest BCUT2D eigenvalue weighted by atomic mass is 10.1. The maximum atomic E-state index is 13.1. The van der Waals surface area contributed by atoms with Crippen LogP contribution in [0.4, 0.5) is 4.39 Å². The van der Waals surface area contributed by atoms with Crippen molar-refractivity contribution in [2.24, 2.45) is 0 Å². The van der Waals surface area contributed by atoms with E-state index in [1.807, 2.05) is 11.6 Å². The standard InChI is InChI=1S/C21H17FN6S/c22-17-3-1-14(2-4-17)19-12-29-20(26-19)11-28-6-5-18-16(10-28)9-25-21(27-18)15-7-23-13-24-8-15/h1-4,7-9,12-13H,5-6,10-11H2. The van der Waals surface area contributed by atoms with E-state index < -0.39 is 0 Å². The second-order valence-electron chi connectivity index (χ2n) is 6.89. The Hall–Kier alpha value is -3.10. The molecule has 0 saturated carbocycles. The second kappa shape index (κ2) is 7.73. The number of rotatable bonds is 4. The summed E-state index contributed by atoms with van der Waals surface area (Å²) in [7, 11) is 0. The average molecular weight is 404 g/mol. The molecule has 0 aliphatic carbocycles. The van der Waals surface area contributed by atoms with Crippen LogP contribution in [-0.2, 0) is 19.5 Å². The number of aromatic nitrogens is 5. The smallest absolute Gasteiger partial charge is 0.162 e. The number of hydrogen-bond donors (Lipinski definition) is 0. The van der Waals surface area contributed by atoms with Crippen molar-refractivity contribution in [2.75, 3.05) is 6.54 Å². The number of hydrogen-bond acceptors (Lipinski definition) is 7. The van der Waals surface area contributed by atoms with Crippen LogP contribution in [-0.4, -0.2) is 36.4 Å². The Balaban J connectivity index is 1.29. The van der Waals surface area contributed by atoms with Crippen molar-refractivity contribution >= 4 is 11.3 Å². The molecule has 4 heterocycles. The third-order valence-corrected chi connectivity index (χ3v) is 5.72. The van der Waals surface area contributed by atoms with Crippen molar-refractivity contribution in [1.82, 2.24) is 29.8 Å². The largest absolute Gasteiger partial charge is 0.292 e. The normalized spacial score (nSPS) is 14.0. The zero-order valence-electron chi connectivity index (χ0n) is 15.5. The lowest BCUT2D eigenvalue weighted by Crippen LogP contribution is -2.30. The van der Waals surface area contributed by atoms with E-state index in [2.05, 4.69) is 19.9 Å². The molecule has 3 aromatic heterocycles. The highest BCUT2D eigenvalue weighted by atomic mass is 32.1. The molecule has 0 atom stereocenters. The van der Waals surface area contributed by atoms with E-state index in [1.54, 1.807) is 35.9 Å². The Morgan fingerprint density at radius 2 is 1.83 bits per heavy atom. The van der Waals surface area contributed by atoms with Crippen LogP contribution in [0.25, 0.3) is 22.6 Å². The highest BCUT2D eigenvalue weighted by Crippen LogP contribution is 2.25. The highest BCUT2D eigenvalue weighted by molar-refractivity contribution is 7.09. The van der Waals surface area contributed by atoms with E-state index in [0.717, 1.165) is 59.1 Å². The SMILES string of the molecule is Fc1ccc(-c2csc(CN3CCc4nc(-c5cncnc5)ncc4C3)n2)cc1. The summed E-state index contributed by atoms with van der Waals surface area (Å²) in [6.45, 7) is 2.49. The third-order valence-electron chi connectivity index (χ3n) is 4.88. The molecule has 0 bridgehead atoms. The van der Waals surface area contributed by atoms with Crippen LogP contribution < -0.4 is 0 Å². The Labute approximate surface area is 171 Å². The lowest BCUT2D eigenvalue weighted by molar-refractivity contribution is 0.242. The van der Waals surface area contributed by atoms with Crippen molar-refractivity contribution in [3.8, 4) is 22.6 Å². The fourth-order valence-corrected chi connectivity index (χ4v) is 4.24. The molecule has 0 amide bonds. The van der Waals surface area contributed by atoms with Gasteiger partial charge in [-0.15, -0.1) is 11.3 Å². The van der Waals surface area contributed by atoms with E-state index >= 15 is 0 Å². The van der Waals surface area contributed by atoms with Gasteiger partial charge in [0.15, 0.2) is 5.82 Å². The van der Waals surface area contributed by atoms with Crippen LogP contribution in [0, 0.1) is 5.82 Å². The fourth-order valence-electron chi connectivity index (χ4n) is 3.39. The average Bonchev–Trinajstić information content (AvgIpc) is 3.23. The second-order valence-corrected chi connectivity index (χ2v) is 7.83. The van der Waals surface area contributed by atoms with E-state index in [9.17, 15) is 4.39 Å². The van der Waals surface area contributed by atoms with Gasteiger partial charge in [-0.2, -0.15) is 0 Å². The Kier molecular flexibility index (Phi) is 4.79. The quantitative estimate of drug-likeness (QED) is 0.516. The molecule has 144 valence electrons. The van der Waals surface area contributed by atoms with Gasteiger partial charge in [0.25, 0.3) is 0 Å². The van der Waals surface area contributed by atoms with Gasteiger partial charge in [0, 0.05) is 54.6 Å². The van der Waals surface area contributed by atoms with E-state index in [0.29, 0.717) is 5.82 Å². The first-order valence-electron chi connectivity index (χ1n) is 9.27. The molecule has 8 heteroatoms. The molecular weight excluding hydrogens is 387 g/mol. The van der Waals surface area contributed by atoms with Crippen molar-refractivity contribution in [2.45, 2.75) is 19.5 Å². The summed E-state index contributed by atoms with van der Waals surface area (Å²) < 4.78 is 13.1. The van der Waals surface area contributed by atoms with Crippen LogP contribution in [0.15, 0.2) is 54.6 Å². The van der Waals surface area contributed by atoms with Gasteiger partial charge < -0.3 is 0 Å². The van der Waals surface area contributed by atoms with Crippen molar-refractivity contribution < 1.29 is 4.39 Å². The van der Waals surface area contributed by atoms with Crippen LogP contribution in [0.5, 0.6) is 0 Å². The molecule has 1 aliphatic heterocycles. The maximum Gasteiger partial charge on any atom is 0.162 e. The monoisotopic (exact) mass is 404 g/mol. The van der Waals surface area contributed by atoms with Crippen molar-refractivity contribution in [3.05, 3.63) is 76.6 Å². The van der Waals surface area contributed by atoms with E-state index in [-0.39, 0.29) is 5.82 Å². The third kappa shape index (κ3) is 3.90. The van der Waals surface area contributed by atoms with Gasteiger partial charge >= 0.3 is 0 Å². The minimum absolute atomic E-state index is 0.235. The predicted molar refractivity (Wildman–Crippen MR) is 108 cm³/mol. The number of benzene rings is 1. The summed E-state index contributed by atoms with van der Waals surface area (Å²) in [6, 6.07) is 6.45. The first-order valence-corrected chi connectivity index (χ1v) is 10.2. The minimum Gasteiger partial charge on any atom is -0.292 e. The zero-order chi connectivity index (χ0) is 19.6. The predicted octanol–water partition coefficient (Wildman–Crippen LogP) is 3.75. The molecule has 5 rings (SSSR count). The number of halogens is 1. The van der Waals surface area contributed by atoms with Crippen LogP contribution >= 0.6 is 11.3 Å². The molecule has 0 fully saturated rings. The maximum absolute atomic E-state index is 13.1. The van der Waals surface area contributed by atoms with Gasteiger partial charge in [-0.3, -0.25) is 4.90 Å². The van der Waals surface area contributed by atoms with Crippen LogP contribution in [0.1, 0.15) is 16.3 Å². The van der Waals surface area contributed by atoms with Gasteiger partial charge in [0.1, 0.15) is 17.2 Å². The topological polar surface area (TPSA) is 67.7 Å². The molecule has 6 nitrogen and oxygen atoms in total. The molecule has 4 aromatic rings. The van der Waals surface area contributed by atoms with E-state index in [4.69, 9.17) is 9.97 Å². The Morgan fingerprint density at radius 3 is 2.66 bits per heavy atom. The van der Waals surface area contributed by atoms with Gasteiger partial charge in [-0.1, -0.05) is 0 Å². The first-order chi connectivity index (χ1) is 14.2. The zero-order valence-corrected chi connectivity index (χ0v) is 16.3. The molecule has 0 N–H and O–H groups in total. The summed E-state index contributed by atoms with van der Waals surface area (Å²) in [5, 5.41) is 3.07. The Morgan fingerprint density at radius 1 is 1.00 bits per heavy atom. The van der Waals surface area contributed by atoms with Crippen molar-refractivity contribution in [1.29, 1.82) is 0 Å². The van der Waals surface area contributed by atoms with E-state index in [1.165, 1.54) is 18.5 Å². The molecule has 1 aliphatic rings. The fraction of sp³-hybridized carbons (Fsp3) is 0.190. The summed E-state index contributed by atoms with van der Waals surface area (Å²) in [4.78, 5) is 24.4. The van der Waals surface area contributed by atoms with Gasteiger partial charge in [0.2, 0.25) is 0 Å². The number of fused-ring (bicyclic) bond motifs is 1. The van der Waals surface area contributed by atoms with Gasteiger partial charge in [-0.05, 0) is 24.3 Å². The molecule has 29 heavy (non-hydrogen) atoms. The molecular formula is C21H17FN6S. The van der Waals surface area contributed by atoms with Crippen molar-refractivity contribution in [3.63, 3.8) is 0 Å². The number of nitrogens with zero attached hydrogens (tertiary/aromatic N) is 6. The van der Waals surface area contributed by atoms with Crippen LogP contribution in [0.3, 0.4) is 0 Å². The van der Waals surface area contributed by atoms with Crippen LogP contribution in [0.2, 0.25) is 0 Å². The van der Waals surface area contributed by atoms with Gasteiger partial charge in [0.05, 0.1) is 23.5 Å². The first kappa shape index (κ1) is 18.0. The molecule has 0 spiro atoms. The minimum atomic E-state index is -0.235. The summed E-state index contributed by atoms with van der Waals surface area (Å²) in [5.74, 6) is 0.433. The molecule has 0 radical (unpaired) electrons. The molecule has 1 aromatic carbocycles. The molecule has 0 unspecified atom stereocenters. The highest BCUT2D eigenvalue weighted by Gasteiger charge is 2.20.